The molecule has 0 unspecified atom stereocenters. The fraction of sp³-hybridized carbons (Fsp3) is 1.00. The normalized spacial score (nSPS) is 33.5. The summed E-state index contributed by atoms with van der Waals surface area (Å²) in [7, 11) is 0. The third kappa shape index (κ3) is 2.48. The van der Waals surface area contributed by atoms with E-state index in [4.69, 9.17) is 0 Å². The molecule has 0 aromatic heterocycles. The summed E-state index contributed by atoms with van der Waals surface area (Å²) in [6.07, 6.45) is 0. The smallest absolute Gasteiger partial charge is 0.00103 e. The number of hydrogen-bond donors (Lipinski definition) is 0. The first-order valence-electron chi connectivity index (χ1n) is 4.82. The van der Waals surface area contributed by atoms with Crippen molar-refractivity contribution >= 4 is 0 Å². The quantitative estimate of drug-likeness (QED) is 0.591. The fourth-order valence-corrected chi connectivity index (χ4v) is 1.91. The molecule has 1 fully saturated rings. The zero-order valence-corrected chi connectivity index (χ0v) is 8.30. The lowest BCUT2D eigenvalue weighted by Crippen LogP contribution is -2.25. The molecule has 0 aliphatic carbocycles. The molecule has 0 aromatic rings. The molecular formula is C10H21N. The van der Waals surface area contributed by atoms with Crippen LogP contribution >= 0.6 is 0 Å². The Labute approximate surface area is 70.8 Å². The molecular weight excluding hydrogens is 134 g/mol. The minimum Gasteiger partial charge on any atom is -0.303 e. The molecule has 0 amide bonds. The van der Waals surface area contributed by atoms with Crippen LogP contribution in [0.25, 0.3) is 0 Å². The third-order valence-corrected chi connectivity index (χ3v) is 2.69. The molecule has 0 bridgehead atoms. The van der Waals surface area contributed by atoms with E-state index in [1.165, 1.54) is 19.6 Å². The van der Waals surface area contributed by atoms with Gasteiger partial charge in [-0.15, -0.1) is 0 Å². The van der Waals surface area contributed by atoms with Gasteiger partial charge < -0.3 is 4.90 Å². The Morgan fingerprint density at radius 1 is 1.18 bits per heavy atom. The lowest BCUT2D eigenvalue weighted by Gasteiger charge is -2.17. The van der Waals surface area contributed by atoms with Gasteiger partial charge in [0.25, 0.3) is 0 Å². The largest absolute Gasteiger partial charge is 0.303 e. The molecule has 66 valence electrons. The number of likely N-dealkylation sites (tertiary alicyclic amines) is 1. The van der Waals surface area contributed by atoms with Crippen LogP contribution in [0.15, 0.2) is 0 Å². The van der Waals surface area contributed by atoms with Crippen LogP contribution in [0.2, 0.25) is 0 Å². The van der Waals surface area contributed by atoms with E-state index in [2.05, 4.69) is 32.6 Å². The van der Waals surface area contributed by atoms with Gasteiger partial charge in [-0.2, -0.15) is 0 Å². The molecule has 0 spiro atoms. The summed E-state index contributed by atoms with van der Waals surface area (Å²) in [5.41, 5.74) is 0. The Bertz CT molecular complexity index is 107. The van der Waals surface area contributed by atoms with Crippen molar-refractivity contribution < 1.29 is 0 Å². The topological polar surface area (TPSA) is 3.24 Å². The first-order valence-corrected chi connectivity index (χ1v) is 4.82. The average Bonchev–Trinajstić information content (AvgIpc) is 2.10. The summed E-state index contributed by atoms with van der Waals surface area (Å²) in [6.45, 7) is 13.3. The summed E-state index contributed by atoms with van der Waals surface area (Å²) in [5.74, 6) is 2.65. The van der Waals surface area contributed by atoms with Crippen molar-refractivity contribution in [2.24, 2.45) is 17.8 Å². The van der Waals surface area contributed by atoms with Gasteiger partial charge in [0.15, 0.2) is 0 Å². The van der Waals surface area contributed by atoms with E-state index < -0.39 is 0 Å². The van der Waals surface area contributed by atoms with Crippen LogP contribution in [0.5, 0.6) is 0 Å². The number of hydrogen-bond acceptors (Lipinski definition) is 1. The highest BCUT2D eigenvalue weighted by Gasteiger charge is 2.25. The Balaban J connectivity index is 2.29. The van der Waals surface area contributed by atoms with Crippen molar-refractivity contribution in [3.8, 4) is 0 Å². The number of nitrogens with zero attached hydrogens (tertiary/aromatic N) is 1. The van der Waals surface area contributed by atoms with Gasteiger partial charge in [0.05, 0.1) is 0 Å². The molecule has 0 saturated carbocycles. The van der Waals surface area contributed by atoms with Gasteiger partial charge in [0, 0.05) is 19.6 Å². The minimum atomic E-state index is 0.826. The lowest BCUT2D eigenvalue weighted by molar-refractivity contribution is 0.286. The lowest BCUT2D eigenvalue weighted by atomic mass is 10.0. The van der Waals surface area contributed by atoms with Gasteiger partial charge in [0.2, 0.25) is 0 Å². The molecule has 1 rings (SSSR count). The highest BCUT2D eigenvalue weighted by Crippen LogP contribution is 2.22. The molecule has 1 heteroatoms. The van der Waals surface area contributed by atoms with E-state index in [9.17, 15) is 0 Å². The average molecular weight is 155 g/mol. The maximum atomic E-state index is 2.60. The Morgan fingerprint density at radius 3 is 2.00 bits per heavy atom. The Morgan fingerprint density at radius 2 is 1.64 bits per heavy atom. The van der Waals surface area contributed by atoms with Gasteiger partial charge >= 0.3 is 0 Å². The van der Waals surface area contributed by atoms with E-state index in [0.717, 1.165) is 17.8 Å². The van der Waals surface area contributed by atoms with Crippen molar-refractivity contribution in [3.05, 3.63) is 0 Å². The van der Waals surface area contributed by atoms with Crippen molar-refractivity contribution in [1.29, 1.82) is 0 Å². The van der Waals surface area contributed by atoms with Crippen molar-refractivity contribution in [2.45, 2.75) is 27.7 Å². The summed E-state index contributed by atoms with van der Waals surface area (Å²) in [5, 5.41) is 0. The molecule has 0 radical (unpaired) electrons. The summed E-state index contributed by atoms with van der Waals surface area (Å²) in [6, 6.07) is 0. The minimum absolute atomic E-state index is 0.826. The molecule has 1 aliphatic heterocycles. The van der Waals surface area contributed by atoms with E-state index in [1.807, 2.05) is 0 Å². The number of rotatable bonds is 2. The maximum Gasteiger partial charge on any atom is 0.00103 e. The zero-order chi connectivity index (χ0) is 8.43. The first kappa shape index (κ1) is 9.05. The molecule has 0 aromatic carbocycles. The van der Waals surface area contributed by atoms with Gasteiger partial charge in [-0.1, -0.05) is 27.7 Å². The van der Waals surface area contributed by atoms with Gasteiger partial charge in [-0.25, -0.2) is 0 Å². The van der Waals surface area contributed by atoms with Crippen molar-refractivity contribution in [2.75, 3.05) is 19.6 Å². The standard InChI is InChI=1S/C10H21N/c1-8(2)5-11-6-9(3)10(4)7-11/h8-10H,5-7H2,1-4H3/t9-,10-/m0/s1. The maximum absolute atomic E-state index is 2.60. The van der Waals surface area contributed by atoms with Crippen LogP contribution in [-0.2, 0) is 0 Å². The Kier molecular flexibility index (Phi) is 2.94. The molecule has 0 N–H and O–H groups in total. The van der Waals surface area contributed by atoms with Gasteiger partial charge in [-0.3, -0.25) is 0 Å². The van der Waals surface area contributed by atoms with Crippen molar-refractivity contribution in [3.63, 3.8) is 0 Å². The second kappa shape index (κ2) is 3.57. The molecule has 2 atom stereocenters. The third-order valence-electron chi connectivity index (χ3n) is 2.69. The second-order valence-electron chi connectivity index (χ2n) is 4.57. The molecule has 1 saturated heterocycles. The predicted octanol–water partition coefficient (Wildman–Crippen LogP) is 2.23. The van der Waals surface area contributed by atoms with Crippen LogP contribution < -0.4 is 0 Å². The highest BCUT2D eigenvalue weighted by molar-refractivity contribution is 4.78. The van der Waals surface area contributed by atoms with Crippen molar-refractivity contribution in [1.82, 2.24) is 4.90 Å². The molecule has 1 heterocycles. The van der Waals surface area contributed by atoms with Crippen LogP contribution in [-0.4, -0.2) is 24.5 Å². The molecule has 11 heavy (non-hydrogen) atoms. The molecule has 1 nitrogen and oxygen atoms in total. The fourth-order valence-electron chi connectivity index (χ4n) is 1.91. The van der Waals surface area contributed by atoms with E-state index >= 15 is 0 Å². The molecule has 1 aliphatic rings. The first-order chi connectivity index (χ1) is 5.09. The SMILES string of the molecule is CC(C)CN1C[C@H](C)[C@@H](C)C1. The van der Waals surface area contributed by atoms with Crippen LogP contribution in [0.1, 0.15) is 27.7 Å². The van der Waals surface area contributed by atoms with E-state index in [1.54, 1.807) is 0 Å². The summed E-state index contributed by atoms with van der Waals surface area (Å²) < 4.78 is 0. The van der Waals surface area contributed by atoms with Gasteiger partial charge in [0.1, 0.15) is 0 Å². The highest BCUT2D eigenvalue weighted by atomic mass is 15.1. The van der Waals surface area contributed by atoms with Crippen LogP contribution in [0.4, 0.5) is 0 Å². The summed E-state index contributed by atoms with van der Waals surface area (Å²) >= 11 is 0. The summed E-state index contributed by atoms with van der Waals surface area (Å²) in [4.78, 5) is 2.60. The van der Waals surface area contributed by atoms with Crippen LogP contribution in [0.3, 0.4) is 0 Å². The second-order valence-corrected chi connectivity index (χ2v) is 4.57. The Hall–Kier alpha value is -0.0400. The van der Waals surface area contributed by atoms with E-state index in [0.29, 0.717) is 0 Å². The predicted molar refractivity (Wildman–Crippen MR) is 49.6 cm³/mol. The van der Waals surface area contributed by atoms with Crippen LogP contribution in [0, 0.1) is 17.8 Å². The zero-order valence-electron chi connectivity index (χ0n) is 8.30. The van der Waals surface area contributed by atoms with E-state index in [-0.39, 0.29) is 0 Å². The van der Waals surface area contributed by atoms with Gasteiger partial charge in [-0.05, 0) is 17.8 Å². The monoisotopic (exact) mass is 155 g/mol.